The van der Waals surface area contributed by atoms with Crippen molar-refractivity contribution in [2.24, 2.45) is 5.73 Å². The molecule has 0 aliphatic carbocycles. The molecule has 0 aromatic carbocycles. The maximum atomic E-state index is 5.57. The number of hydrogen-bond donors (Lipinski definition) is 1. The number of pyridine rings is 1. The second-order valence-electron chi connectivity index (χ2n) is 4.45. The van der Waals surface area contributed by atoms with Crippen LogP contribution in [0.5, 0.6) is 0 Å². The van der Waals surface area contributed by atoms with Crippen LogP contribution in [0.3, 0.4) is 0 Å². The van der Waals surface area contributed by atoms with Crippen LogP contribution in [0, 0.1) is 0 Å². The van der Waals surface area contributed by atoms with Crippen molar-refractivity contribution < 1.29 is 9.26 Å². The van der Waals surface area contributed by atoms with Crippen molar-refractivity contribution in [3.05, 3.63) is 29.8 Å². The minimum atomic E-state index is -0.536. The van der Waals surface area contributed by atoms with E-state index < -0.39 is 5.60 Å². The summed E-state index contributed by atoms with van der Waals surface area (Å²) < 4.78 is 10.7. The smallest absolute Gasteiger partial charge is 0.258 e. The molecule has 6 nitrogen and oxygen atoms in total. The van der Waals surface area contributed by atoms with Gasteiger partial charge in [0.25, 0.3) is 5.89 Å². The Morgan fingerprint density at radius 2 is 2.26 bits per heavy atom. The van der Waals surface area contributed by atoms with Crippen LogP contribution in [-0.4, -0.2) is 22.2 Å². The maximum absolute atomic E-state index is 5.57. The molecule has 0 aliphatic rings. The standard InChI is InChI=1S/C13H18N4O2/c1-4-13(2,18-3)12-16-11(19-17-12)9-5-6-15-10(7-9)8-14/h5-7H,4,8,14H2,1-3H3. The molecule has 0 fully saturated rings. The van der Waals surface area contributed by atoms with Crippen LogP contribution >= 0.6 is 0 Å². The van der Waals surface area contributed by atoms with E-state index in [9.17, 15) is 0 Å². The van der Waals surface area contributed by atoms with Crippen LogP contribution in [0.2, 0.25) is 0 Å². The molecule has 2 aromatic heterocycles. The van der Waals surface area contributed by atoms with Gasteiger partial charge in [-0.15, -0.1) is 0 Å². The summed E-state index contributed by atoms with van der Waals surface area (Å²) in [5, 5.41) is 4.00. The molecule has 0 aliphatic heterocycles. The lowest BCUT2D eigenvalue weighted by Gasteiger charge is -2.21. The fourth-order valence-corrected chi connectivity index (χ4v) is 1.67. The molecule has 0 radical (unpaired) electrons. The van der Waals surface area contributed by atoms with Gasteiger partial charge in [-0.25, -0.2) is 0 Å². The highest BCUT2D eigenvalue weighted by molar-refractivity contribution is 5.52. The summed E-state index contributed by atoms with van der Waals surface area (Å²) in [6.45, 7) is 4.32. The number of ether oxygens (including phenoxy) is 1. The van der Waals surface area contributed by atoms with Gasteiger partial charge in [0.05, 0.1) is 5.69 Å². The molecule has 1 atom stereocenters. The molecule has 0 spiro atoms. The molecule has 2 heterocycles. The Balaban J connectivity index is 2.35. The van der Waals surface area contributed by atoms with Gasteiger partial charge in [-0.2, -0.15) is 4.98 Å². The zero-order chi connectivity index (χ0) is 13.9. The topological polar surface area (TPSA) is 87.1 Å². The number of nitrogens with two attached hydrogens (primary N) is 1. The van der Waals surface area contributed by atoms with E-state index in [-0.39, 0.29) is 0 Å². The first-order valence-electron chi connectivity index (χ1n) is 6.17. The summed E-state index contributed by atoms with van der Waals surface area (Å²) in [7, 11) is 1.64. The Morgan fingerprint density at radius 1 is 1.47 bits per heavy atom. The summed E-state index contributed by atoms with van der Waals surface area (Å²) in [6.07, 6.45) is 2.43. The summed E-state index contributed by atoms with van der Waals surface area (Å²) in [6, 6.07) is 3.65. The predicted molar refractivity (Wildman–Crippen MR) is 70.1 cm³/mol. The largest absolute Gasteiger partial charge is 0.370 e. The van der Waals surface area contributed by atoms with Crippen molar-refractivity contribution in [1.82, 2.24) is 15.1 Å². The average molecular weight is 262 g/mol. The summed E-state index contributed by atoms with van der Waals surface area (Å²) in [4.78, 5) is 8.53. The summed E-state index contributed by atoms with van der Waals surface area (Å²) in [5.74, 6) is 0.988. The molecule has 0 amide bonds. The van der Waals surface area contributed by atoms with Gasteiger partial charge < -0.3 is 15.0 Å². The Labute approximate surface area is 112 Å². The van der Waals surface area contributed by atoms with Crippen LogP contribution < -0.4 is 5.73 Å². The molecule has 0 saturated carbocycles. The van der Waals surface area contributed by atoms with Crippen molar-refractivity contribution in [1.29, 1.82) is 0 Å². The molecule has 6 heteroatoms. The second-order valence-corrected chi connectivity index (χ2v) is 4.45. The first-order chi connectivity index (χ1) is 9.12. The van der Waals surface area contributed by atoms with Crippen LogP contribution in [0.15, 0.2) is 22.9 Å². The monoisotopic (exact) mass is 262 g/mol. The van der Waals surface area contributed by atoms with E-state index in [0.717, 1.165) is 17.7 Å². The fraction of sp³-hybridized carbons (Fsp3) is 0.462. The van der Waals surface area contributed by atoms with Gasteiger partial charge in [-0.3, -0.25) is 4.98 Å². The van der Waals surface area contributed by atoms with Crippen molar-refractivity contribution >= 4 is 0 Å². The normalized spacial score (nSPS) is 14.3. The predicted octanol–water partition coefficient (Wildman–Crippen LogP) is 1.86. The van der Waals surface area contributed by atoms with Crippen molar-refractivity contribution in [2.45, 2.75) is 32.4 Å². The lowest BCUT2D eigenvalue weighted by atomic mass is 10.0. The van der Waals surface area contributed by atoms with E-state index >= 15 is 0 Å². The first-order valence-corrected chi connectivity index (χ1v) is 6.17. The molecule has 2 N–H and O–H groups in total. The number of hydrogen-bond acceptors (Lipinski definition) is 6. The van der Waals surface area contributed by atoms with Crippen LogP contribution in [-0.2, 0) is 16.9 Å². The molecule has 1 unspecified atom stereocenters. The first kappa shape index (κ1) is 13.6. The van der Waals surface area contributed by atoms with E-state index in [1.54, 1.807) is 13.3 Å². The van der Waals surface area contributed by atoms with Gasteiger partial charge in [0.2, 0.25) is 5.82 Å². The Morgan fingerprint density at radius 3 is 2.89 bits per heavy atom. The van der Waals surface area contributed by atoms with Gasteiger partial charge in [-0.1, -0.05) is 12.1 Å². The number of aromatic nitrogens is 3. The van der Waals surface area contributed by atoms with E-state index in [1.165, 1.54) is 0 Å². The highest BCUT2D eigenvalue weighted by atomic mass is 16.5. The molecule has 0 bridgehead atoms. The van der Waals surface area contributed by atoms with Crippen molar-refractivity contribution in [2.75, 3.05) is 7.11 Å². The second kappa shape index (κ2) is 5.46. The zero-order valence-corrected chi connectivity index (χ0v) is 11.4. The summed E-state index contributed by atoms with van der Waals surface area (Å²) >= 11 is 0. The highest BCUT2D eigenvalue weighted by Gasteiger charge is 2.30. The third kappa shape index (κ3) is 2.64. The zero-order valence-electron chi connectivity index (χ0n) is 11.4. The molecular weight excluding hydrogens is 244 g/mol. The van der Waals surface area contributed by atoms with E-state index in [1.807, 2.05) is 26.0 Å². The van der Waals surface area contributed by atoms with Gasteiger partial charge in [0, 0.05) is 25.4 Å². The molecule has 102 valence electrons. The van der Waals surface area contributed by atoms with Crippen molar-refractivity contribution in [3.63, 3.8) is 0 Å². The van der Waals surface area contributed by atoms with Gasteiger partial charge in [0.1, 0.15) is 5.60 Å². The van der Waals surface area contributed by atoms with E-state index in [2.05, 4.69) is 15.1 Å². The molecular formula is C13H18N4O2. The lowest BCUT2D eigenvalue weighted by Crippen LogP contribution is -2.24. The minimum Gasteiger partial charge on any atom is -0.370 e. The minimum absolute atomic E-state index is 0.375. The van der Waals surface area contributed by atoms with Gasteiger partial charge >= 0.3 is 0 Å². The van der Waals surface area contributed by atoms with Crippen LogP contribution in [0.4, 0.5) is 0 Å². The SMILES string of the molecule is CCC(C)(OC)c1noc(-c2ccnc(CN)c2)n1. The van der Waals surface area contributed by atoms with E-state index in [4.69, 9.17) is 15.0 Å². The Hall–Kier alpha value is -1.79. The number of methoxy groups -OCH3 is 1. The third-order valence-electron chi connectivity index (χ3n) is 3.30. The average Bonchev–Trinajstić information content (AvgIpc) is 2.97. The Kier molecular flexibility index (Phi) is 3.92. The quantitative estimate of drug-likeness (QED) is 0.885. The molecule has 19 heavy (non-hydrogen) atoms. The maximum Gasteiger partial charge on any atom is 0.258 e. The van der Waals surface area contributed by atoms with Crippen LogP contribution in [0.25, 0.3) is 11.5 Å². The molecule has 0 saturated heterocycles. The fourth-order valence-electron chi connectivity index (χ4n) is 1.67. The highest BCUT2D eigenvalue weighted by Crippen LogP contribution is 2.27. The molecule has 2 aromatic rings. The van der Waals surface area contributed by atoms with Gasteiger partial charge in [0.15, 0.2) is 0 Å². The van der Waals surface area contributed by atoms with Crippen molar-refractivity contribution in [3.8, 4) is 11.5 Å². The number of nitrogens with zero attached hydrogens (tertiary/aromatic N) is 3. The molecule has 2 rings (SSSR count). The Bertz CT molecular complexity index is 549. The van der Waals surface area contributed by atoms with Gasteiger partial charge in [-0.05, 0) is 25.5 Å². The lowest BCUT2D eigenvalue weighted by molar-refractivity contribution is -0.0106. The van der Waals surface area contributed by atoms with Crippen LogP contribution in [0.1, 0.15) is 31.8 Å². The third-order valence-corrected chi connectivity index (χ3v) is 3.30. The summed E-state index contributed by atoms with van der Waals surface area (Å²) in [5.41, 5.74) is 6.62. The number of rotatable bonds is 5. The van der Waals surface area contributed by atoms with E-state index in [0.29, 0.717) is 18.3 Å².